The number of nitrogens with zero attached hydrogens (tertiary/aromatic N) is 3. The minimum absolute atomic E-state index is 0.132. The van der Waals surface area contributed by atoms with E-state index in [1.165, 1.54) is 75.6 Å². The van der Waals surface area contributed by atoms with Gasteiger partial charge >= 0.3 is 0 Å². The Morgan fingerprint density at radius 2 is 1.05 bits per heavy atom. The minimum Gasteiger partial charge on any atom is -0.310 e. The van der Waals surface area contributed by atoms with Gasteiger partial charge < -0.3 is 14.4 Å². The van der Waals surface area contributed by atoms with Crippen molar-refractivity contribution in [3.05, 3.63) is 223 Å². The van der Waals surface area contributed by atoms with Crippen molar-refractivity contribution in [2.45, 2.75) is 19.3 Å². The Hall–Kier alpha value is -7.40. The van der Waals surface area contributed by atoms with E-state index in [1.807, 2.05) is 11.3 Å². The third-order valence-corrected chi connectivity index (χ3v) is 14.0. The van der Waals surface area contributed by atoms with Gasteiger partial charge in [-0.2, -0.15) is 0 Å². The van der Waals surface area contributed by atoms with Gasteiger partial charge in [0.1, 0.15) is 0 Å². The standard InChI is InChI=1S/C57H41N3S/c1-57(2)47-24-11-14-27-50(47)60(51-28-15-12-25-48(51)57)42-36-45(56-46(37-42)43-22-10-16-31-54(43)61-56)38-32-34-41(35-33-38)58(39-18-5-3-6-19-39)52-29-17-30-53-55(52)44-23-9-13-26-49(44)59(53)40-20-7-4-8-21-40/h3-37H,1-2H3. The van der Waals surface area contributed by atoms with E-state index < -0.39 is 0 Å². The molecule has 1 aliphatic heterocycles. The molecule has 0 atom stereocenters. The fourth-order valence-corrected chi connectivity index (χ4v) is 11.2. The molecule has 3 nitrogen and oxygen atoms in total. The molecule has 290 valence electrons. The quantitative estimate of drug-likeness (QED) is 0.166. The highest BCUT2D eigenvalue weighted by atomic mass is 32.1. The zero-order valence-electron chi connectivity index (χ0n) is 34.0. The summed E-state index contributed by atoms with van der Waals surface area (Å²) in [5.74, 6) is 0. The van der Waals surface area contributed by atoms with E-state index in [0.717, 1.165) is 28.4 Å². The first-order valence-electron chi connectivity index (χ1n) is 21.0. The van der Waals surface area contributed by atoms with E-state index in [0.29, 0.717) is 0 Å². The molecule has 0 saturated carbocycles. The summed E-state index contributed by atoms with van der Waals surface area (Å²) < 4.78 is 4.99. The normalized spacial score (nSPS) is 13.2. The van der Waals surface area contributed by atoms with Gasteiger partial charge in [-0.3, -0.25) is 0 Å². The largest absolute Gasteiger partial charge is 0.310 e. The van der Waals surface area contributed by atoms with E-state index in [9.17, 15) is 0 Å². The van der Waals surface area contributed by atoms with Crippen molar-refractivity contribution >= 4 is 87.4 Å². The van der Waals surface area contributed by atoms with Gasteiger partial charge in [-0.05, 0) is 102 Å². The number of hydrogen-bond donors (Lipinski definition) is 0. The minimum atomic E-state index is -0.132. The Balaban J connectivity index is 1.06. The van der Waals surface area contributed by atoms with Crippen LogP contribution in [-0.2, 0) is 5.41 Å². The number of rotatable bonds is 6. The molecule has 0 fully saturated rings. The van der Waals surface area contributed by atoms with Gasteiger partial charge in [0, 0.05) is 64.7 Å². The predicted octanol–water partition coefficient (Wildman–Crippen LogP) is 16.4. The van der Waals surface area contributed by atoms with Crippen molar-refractivity contribution in [1.29, 1.82) is 0 Å². The number of thiophene rings is 1. The number of anilines is 6. The highest BCUT2D eigenvalue weighted by Gasteiger charge is 2.37. The molecule has 2 aromatic heterocycles. The molecule has 0 unspecified atom stereocenters. The molecule has 4 heteroatoms. The molecule has 1 aliphatic rings. The van der Waals surface area contributed by atoms with Crippen LogP contribution in [0.1, 0.15) is 25.0 Å². The molecule has 61 heavy (non-hydrogen) atoms. The monoisotopic (exact) mass is 799 g/mol. The molecule has 0 saturated heterocycles. The Bertz CT molecular complexity index is 3400. The number of hydrogen-bond acceptors (Lipinski definition) is 3. The zero-order chi connectivity index (χ0) is 40.7. The average molecular weight is 800 g/mol. The summed E-state index contributed by atoms with van der Waals surface area (Å²) in [5.41, 5.74) is 15.4. The summed E-state index contributed by atoms with van der Waals surface area (Å²) in [4.78, 5) is 4.91. The Morgan fingerprint density at radius 1 is 0.459 bits per heavy atom. The second-order valence-electron chi connectivity index (χ2n) is 16.5. The second kappa shape index (κ2) is 13.8. The summed E-state index contributed by atoms with van der Waals surface area (Å²) in [6, 6.07) is 77.8. The Labute approximate surface area is 359 Å². The number of benzene rings is 9. The maximum absolute atomic E-state index is 2.49. The lowest BCUT2D eigenvalue weighted by Gasteiger charge is -2.42. The van der Waals surface area contributed by atoms with Crippen LogP contribution in [0.2, 0.25) is 0 Å². The smallest absolute Gasteiger partial charge is 0.0562 e. The molecular formula is C57H41N3S. The van der Waals surface area contributed by atoms with Crippen molar-refractivity contribution in [2.24, 2.45) is 0 Å². The lowest BCUT2D eigenvalue weighted by atomic mass is 9.73. The molecule has 0 aliphatic carbocycles. The molecule has 0 amide bonds. The summed E-state index contributed by atoms with van der Waals surface area (Å²) >= 11 is 1.89. The summed E-state index contributed by atoms with van der Waals surface area (Å²) in [5, 5.41) is 5.02. The van der Waals surface area contributed by atoms with Crippen LogP contribution in [0.25, 0.3) is 58.8 Å². The van der Waals surface area contributed by atoms with Gasteiger partial charge in [-0.25, -0.2) is 0 Å². The van der Waals surface area contributed by atoms with Gasteiger partial charge in [-0.15, -0.1) is 11.3 Å². The highest BCUT2D eigenvalue weighted by molar-refractivity contribution is 7.26. The van der Waals surface area contributed by atoms with E-state index in [4.69, 9.17) is 0 Å². The van der Waals surface area contributed by atoms with E-state index in [2.05, 4.69) is 241 Å². The topological polar surface area (TPSA) is 11.4 Å². The van der Waals surface area contributed by atoms with Gasteiger partial charge in [0.2, 0.25) is 0 Å². The van der Waals surface area contributed by atoms with Gasteiger partial charge in [0.05, 0.1) is 28.1 Å². The first-order valence-corrected chi connectivity index (χ1v) is 21.8. The number of fused-ring (bicyclic) bond motifs is 8. The van der Waals surface area contributed by atoms with Crippen LogP contribution in [-0.4, -0.2) is 4.57 Å². The van der Waals surface area contributed by atoms with Crippen LogP contribution in [0, 0.1) is 0 Å². The van der Waals surface area contributed by atoms with Crippen molar-refractivity contribution < 1.29 is 0 Å². The lowest BCUT2D eigenvalue weighted by molar-refractivity contribution is 0.632. The van der Waals surface area contributed by atoms with E-state index in [-0.39, 0.29) is 5.41 Å². The second-order valence-corrected chi connectivity index (χ2v) is 17.6. The molecule has 0 bridgehead atoms. The maximum atomic E-state index is 2.49. The predicted molar refractivity (Wildman–Crippen MR) is 261 cm³/mol. The van der Waals surface area contributed by atoms with Crippen molar-refractivity contribution in [1.82, 2.24) is 4.57 Å². The van der Waals surface area contributed by atoms with Crippen LogP contribution >= 0.6 is 11.3 Å². The maximum Gasteiger partial charge on any atom is 0.0562 e. The third-order valence-electron chi connectivity index (χ3n) is 12.7. The van der Waals surface area contributed by atoms with E-state index >= 15 is 0 Å². The average Bonchev–Trinajstić information content (AvgIpc) is 3.86. The molecule has 0 N–H and O–H groups in total. The van der Waals surface area contributed by atoms with Crippen LogP contribution in [0.5, 0.6) is 0 Å². The zero-order valence-corrected chi connectivity index (χ0v) is 34.8. The molecule has 9 aromatic carbocycles. The molecule has 0 radical (unpaired) electrons. The van der Waals surface area contributed by atoms with Crippen LogP contribution in [0.3, 0.4) is 0 Å². The van der Waals surface area contributed by atoms with Crippen LogP contribution in [0.15, 0.2) is 212 Å². The summed E-state index contributed by atoms with van der Waals surface area (Å²) in [6.45, 7) is 4.70. The summed E-state index contributed by atoms with van der Waals surface area (Å²) in [6.07, 6.45) is 0. The Morgan fingerprint density at radius 3 is 1.79 bits per heavy atom. The molecular weight excluding hydrogens is 759 g/mol. The van der Waals surface area contributed by atoms with Crippen molar-refractivity contribution in [3.8, 4) is 16.8 Å². The fraction of sp³-hybridized carbons (Fsp3) is 0.0526. The number of para-hydroxylation sites is 5. The number of aromatic nitrogens is 1. The highest BCUT2D eigenvalue weighted by Crippen LogP contribution is 2.54. The first kappa shape index (κ1) is 35.5. The third kappa shape index (κ3) is 5.49. The Kier molecular flexibility index (Phi) is 8.06. The molecule has 3 heterocycles. The molecule has 0 spiro atoms. The summed E-state index contributed by atoms with van der Waals surface area (Å²) in [7, 11) is 0. The van der Waals surface area contributed by atoms with Crippen molar-refractivity contribution in [2.75, 3.05) is 9.80 Å². The SMILES string of the molecule is CC1(C)c2ccccc2N(c2cc(-c3ccc(N(c4ccccc4)c4cccc5c4c4ccccc4n5-c4ccccc4)cc3)c3sc4ccccc4c3c2)c2ccccc21. The van der Waals surface area contributed by atoms with Crippen LogP contribution in [0.4, 0.5) is 34.1 Å². The van der Waals surface area contributed by atoms with Gasteiger partial charge in [-0.1, -0.05) is 141 Å². The van der Waals surface area contributed by atoms with Gasteiger partial charge in [0.25, 0.3) is 0 Å². The molecule has 12 rings (SSSR count). The van der Waals surface area contributed by atoms with E-state index in [1.54, 1.807) is 0 Å². The van der Waals surface area contributed by atoms with Crippen LogP contribution < -0.4 is 9.80 Å². The first-order chi connectivity index (χ1) is 30.0. The van der Waals surface area contributed by atoms with Gasteiger partial charge in [0.15, 0.2) is 0 Å². The fourth-order valence-electron chi connectivity index (χ4n) is 9.94. The molecule has 11 aromatic rings. The lowest BCUT2D eigenvalue weighted by Crippen LogP contribution is -2.30. The van der Waals surface area contributed by atoms with Crippen molar-refractivity contribution in [3.63, 3.8) is 0 Å².